The monoisotopic (exact) mass is 262 g/mol. The first-order valence-corrected chi connectivity index (χ1v) is 7.51. The molecule has 1 heterocycles. The molecule has 3 heteroatoms. The van der Waals surface area contributed by atoms with Crippen molar-refractivity contribution < 1.29 is 0 Å². The Hall–Kier alpha value is -1.09. The third-order valence-corrected chi connectivity index (χ3v) is 4.05. The minimum Gasteiger partial charge on any atom is -0.324 e. The number of hydrogen-bond donors (Lipinski definition) is 1. The van der Waals surface area contributed by atoms with Gasteiger partial charge < -0.3 is 10.3 Å². The zero-order valence-corrected chi connectivity index (χ0v) is 12.4. The second-order valence-electron chi connectivity index (χ2n) is 6.21. The first kappa shape index (κ1) is 14.3. The summed E-state index contributed by atoms with van der Waals surface area (Å²) in [4.78, 5) is 12.6. The Labute approximate surface area is 115 Å². The number of hydrogen-bond acceptors (Lipinski definition) is 2. The van der Waals surface area contributed by atoms with Gasteiger partial charge in [-0.3, -0.25) is 4.79 Å². The average Bonchev–Trinajstić information content (AvgIpc) is 2.36. The van der Waals surface area contributed by atoms with Crippen molar-refractivity contribution in [1.82, 2.24) is 4.57 Å². The normalized spacial score (nSPS) is 16.5. The van der Waals surface area contributed by atoms with E-state index in [9.17, 15) is 4.79 Å². The lowest BCUT2D eigenvalue weighted by Gasteiger charge is -2.23. The molecule has 0 bridgehead atoms. The van der Waals surface area contributed by atoms with Crippen LogP contribution in [0.4, 0.5) is 0 Å². The molecule has 1 aromatic heterocycles. The lowest BCUT2D eigenvalue weighted by atomic mass is 9.93. The summed E-state index contributed by atoms with van der Waals surface area (Å²) in [5.74, 6) is 0.616. The van der Waals surface area contributed by atoms with E-state index in [4.69, 9.17) is 5.73 Å². The molecule has 0 saturated heterocycles. The fourth-order valence-electron chi connectivity index (χ4n) is 2.85. The second kappa shape index (κ2) is 5.91. The molecule has 1 aliphatic rings. The van der Waals surface area contributed by atoms with E-state index in [-0.39, 0.29) is 11.6 Å². The van der Waals surface area contributed by atoms with E-state index in [1.165, 1.54) is 24.1 Å². The van der Waals surface area contributed by atoms with Gasteiger partial charge in [-0.15, -0.1) is 0 Å². The first-order valence-electron chi connectivity index (χ1n) is 7.51. The third-order valence-electron chi connectivity index (χ3n) is 4.05. The summed E-state index contributed by atoms with van der Waals surface area (Å²) in [6, 6.07) is 1.89. The van der Waals surface area contributed by atoms with E-state index in [2.05, 4.69) is 19.9 Å². The summed E-state index contributed by atoms with van der Waals surface area (Å²) in [5, 5.41) is 0. The SMILES string of the molecule is CC(C)CCn1c2c(cc(C(C)N)c1=O)CCCC2. The maximum atomic E-state index is 12.6. The van der Waals surface area contributed by atoms with Crippen LogP contribution in [-0.2, 0) is 19.4 Å². The van der Waals surface area contributed by atoms with Crippen LogP contribution in [0.2, 0.25) is 0 Å². The predicted molar refractivity (Wildman–Crippen MR) is 79.4 cm³/mol. The van der Waals surface area contributed by atoms with Crippen LogP contribution in [-0.4, -0.2) is 4.57 Å². The Balaban J connectivity index is 2.47. The number of fused-ring (bicyclic) bond motifs is 1. The summed E-state index contributed by atoms with van der Waals surface area (Å²) in [6.07, 6.45) is 5.62. The number of pyridine rings is 1. The Bertz CT molecular complexity index is 500. The van der Waals surface area contributed by atoms with Crippen LogP contribution in [0, 0.1) is 5.92 Å². The summed E-state index contributed by atoms with van der Waals surface area (Å²) < 4.78 is 2.01. The number of rotatable bonds is 4. The minimum absolute atomic E-state index is 0.135. The molecule has 1 atom stereocenters. The molecule has 0 radical (unpaired) electrons. The molecule has 0 fully saturated rings. The molecule has 3 nitrogen and oxygen atoms in total. The predicted octanol–water partition coefficient (Wildman–Crippen LogP) is 2.79. The van der Waals surface area contributed by atoms with Gasteiger partial charge >= 0.3 is 0 Å². The zero-order valence-electron chi connectivity index (χ0n) is 12.4. The van der Waals surface area contributed by atoms with E-state index in [0.29, 0.717) is 5.92 Å². The third kappa shape index (κ3) is 3.08. The summed E-state index contributed by atoms with van der Waals surface area (Å²) >= 11 is 0. The van der Waals surface area contributed by atoms with Crippen LogP contribution >= 0.6 is 0 Å². The molecule has 0 aliphatic heterocycles. The molecule has 0 spiro atoms. The van der Waals surface area contributed by atoms with Gasteiger partial charge in [0.25, 0.3) is 5.56 Å². The molecular formula is C16H26N2O. The summed E-state index contributed by atoms with van der Waals surface area (Å²) in [5.41, 5.74) is 9.49. The van der Waals surface area contributed by atoms with Crippen LogP contribution in [0.1, 0.15) is 62.9 Å². The minimum atomic E-state index is -0.176. The maximum Gasteiger partial charge on any atom is 0.255 e. The number of aryl methyl sites for hydroxylation is 1. The molecular weight excluding hydrogens is 236 g/mol. The van der Waals surface area contributed by atoms with Gasteiger partial charge in [0.1, 0.15) is 0 Å². The van der Waals surface area contributed by atoms with Crippen molar-refractivity contribution in [1.29, 1.82) is 0 Å². The molecule has 1 unspecified atom stereocenters. The molecule has 106 valence electrons. The molecule has 2 rings (SSSR count). The van der Waals surface area contributed by atoms with Crippen molar-refractivity contribution in [2.45, 2.75) is 65.5 Å². The Kier molecular flexibility index (Phi) is 4.46. The van der Waals surface area contributed by atoms with Crippen molar-refractivity contribution in [3.05, 3.63) is 33.2 Å². The highest BCUT2D eigenvalue weighted by Gasteiger charge is 2.19. The van der Waals surface area contributed by atoms with Crippen LogP contribution in [0.3, 0.4) is 0 Å². The van der Waals surface area contributed by atoms with E-state index in [1.807, 2.05) is 11.5 Å². The van der Waals surface area contributed by atoms with Crippen LogP contribution in [0.25, 0.3) is 0 Å². The van der Waals surface area contributed by atoms with E-state index >= 15 is 0 Å². The lowest BCUT2D eigenvalue weighted by molar-refractivity contribution is 0.480. The van der Waals surface area contributed by atoms with Gasteiger partial charge in [-0.05, 0) is 56.6 Å². The Morgan fingerprint density at radius 2 is 1.95 bits per heavy atom. The zero-order chi connectivity index (χ0) is 14.0. The lowest BCUT2D eigenvalue weighted by Crippen LogP contribution is -2.32. The van der Waals surface area contributed by atoms with E-state index < -0.39 is 0 Å². The summed E-state index contributed by atoms with van der Waals surface area (Å²) in [6.45, 7) is 7.14. The number of aromatic nitrogens is 1. The fraction of sp³-hybridized carbons (Fsp3) is 0.688. The topological polar surface area (TPSA) is 48.0 Å². The highest BCUT2D eigenvalue weighted by atomic mass is 16.1. The van der Waals surface area contributed by atoms with Crippen molar-refractivity contribution >= 4 is 0 Å². The van der Waals surface area contributed by atoms with Crippen molar-refractivity contribution in [2.24, 2.45) is 11.7 Å². The standard InChI is InChI=1S/C16H26N2O/c1-11(2)8-9-18-15-7-5-4-6-13(15)10-14(12(3)17)16(18)19/h10-12H,4-9,17H2,1-3H3. The van der Waals surface area contributed by atoms with Gasteiger partial charge in [-0.2, -0.15) is 0 Å². The fourth-order valence-corrected chi connectivity index (χ4v) is 2.85. The van der Waals surface area contributed by atoms with Gasteiger partial charge in [0.2, 0.25) is 0 Å². The van der Waals surface area contributed by atoms with Crippen LogP contribution < -0.4 is 11.3 Å². The molecule has 0 saturated carbocycles. The first-order chi connectivity index (χ1) is 9.00. The molecule has 0 amide bonds. The molecule has 1 aromatic rings. The van der Waals surface area contributed by atoms with Crippen molar-refractivity contribution in [3.63, 3.8) is 0 Å². The van der Waals surface area contributed by atoms with Crippen molar-refractivity contribution in [3.8, 4) is 0 Å². The highest BCUT2D eigenvalue weighted by molar-refractivity contribution is 5.30. The van der Waals surface area contributed by atoms with Gasteiger partial charge in [-0.25, -0.2) is 0 Å². The molecule has 19 heavy (non-hydrogen) atoms. The Morgan fingerprint density at radius 3 is 2.58 bits per heavy atom. The highest BCUT2D eigenvalue weighted by Crippen LogP contribution is 2.22. The largest absolute Gasteiger partial charge is 0.324 e. The Morgan fingerprint density at radius 1 is 1.26 bits per heavy atom. The van der Waals surface area contributed by atoms with Gasteiger partial charge in [-0.1, -0.05) is 13.8 Å². The number of nitrogens with zero attached hydrogens (tertiary/aromatic N) is 1. The quantitative estimate of drug-likeness (QED) is 0.907. The van der Waals surface area contributed by atoms with Crippen molar-refractivity contribution in [2.75, 3.05) is 0 Å². The van der Waals surface area contributed by atoms with Crippen LogP contribution in [0.5, 0.6) is 0 Å². The molecule has 1 aliphatic carbocycles. The number of nitrogens with two attached hydrogens (primary N) is 1. The van der Waals surface area contributed by atoms with Gasteiger partial charge in [0.05, 0.1) is 0 Å². The van der Waals surface area contributed by atoms with E-state index in [1.54, 1.807) is 0 Å². The summed E-state index contributed by atoms with van der Waals surface area (Å²) in [7, 11) is 0. The second-order valence-corrected chi connectivity index (χ2v) is 6.21. The molecule has 0 aromatic carbocycles. The smallest absolute Gasteiger partial charge is 0.255 e. The average molecular weight is 262 g/mol. The van der Waals surface area contributed by atoms with Crippen LogP contribution in [0.15, 0.2) is 10.9 Å². The molecule has 2 N–H and O–H groups in total. The van der Waals surface area contributed by atoms with Gasteiger partial charge in [0, 0.05) is 23.8 Å². The van der Waals surface area contributed by atoms with Gasteiger partial charge in [0.15, 0.2) is 0 Å². The van der Waals surface area contributed by atoms with E-state index in [0.717, 1.165) is 31.4 Å². The maximum absolute atomic E-state index is 12.6.